The van der Waals surface area contributed by atoms with E-state index in [4.69, 9.17) is 9.84 Å². The fourth-order valence-corrected chi connectivity index (χ4v) is 6.65. The van der Waals surface area contributed by atoms with Gasteiger partial charge in [-0.1, -0.05) is 211 Å². The molecule has 0 amide bonds. The number of rotatable bonds is 40. The van der Waals surface area contributed by atoms with Crippen molar-refractivity contribution in [2.24, 2.45) is 0 Å². The predicted octanol–water partition coefficient (Wildman–Crippen LogP) is 15.3. The number of hydrogen-bond donors (Lipinski definition) is 1. The van der Waals surface area contributed by atoms with Crippen LogP contribution in [0.25, 0.3) is 0 Å². The van der Waals surface area contributed by atoms with Gasteiger partial charge in [-0.15, -0.1) is 0 Å². The second-order valence-corrected chi connectivity index (χ2v) is 14.9. The number of ether oxygens (including phenoxy) is 1. The van der Waals surface area contributed by atoms with Gasteiger partial charge >= 0.3 is 11.9 Å². The Balaban J connectivity index is 3.84. The molecule has 0 aliphatic heterocycles. The monoisotopic (exact) mass is 701 g/mol. The van der Waals surface area contributed by atoms with E-state index in [1.54, 1.807) is 0 Å². The van der Waals surface area contributed by atoms with Crippen molar-refractivity contribution in [3.05, 3.63) is 36.5 Å². The standard InChI is InChI=1S/C46H84O4/c1-3-5-7-9-11-13-14-15-16-17-18-19-20-21-22-23-24-25-26-27-29-35-39-43-46(49)50-44(40-36-32-28-12-10-8-6-4-2)41-37-33-30-31-34-38-42-45(47)48/h6,8,12,28,36,40,44H,3-5,7,9-11,13-27,29-35,37-39,41-43H2,1-2H3,(H,47,48)/b8-6-,28-12-,40-36-. The molecule has 0 aromatic heterocycles. The molecule has 1 atom stereocenters. The van der Waals surface area contributed by atoms with E-state index in [2.05, 4.69) is 50.3 Å². The van der Waals surface area contributed by atoms with Crippen molar-refractivity contribution in [3.63, 3.8) is 0 Å². The molecular formula is C46H84O4. The van der Waals surface area contributed by atoms with Crippen LogP contribution in [0.2, 0.25) is 0 Å². The largest absolute Gasteiger partial charge is 0.481 e. The molecule has 0 rings (SSSR count). The van der Waals surface area contributed by atoms with Gasteiger partial charge in [-0.2, -0.15) is 0 Å². The summed E-state index contributed by atoms with van der Waals surface area (Å²) in [5.74, 6) is -0.762. The van der Waals surface area contributed by atoms with Crippen LogP contribution >= 0.6 is 0 Å². The maximum absolute atomic E-state index is 12.6. The highest BCUT2D eigenvalue weighted by Gasteiger charge is 2.11. The molecule has 292 valence electrons. The summed E-state index contributed by atoms with van der Waals surface area (Å²) in [6.07, 6.45) is 55.0. The first-order valence-corrected chi connectivity index (χ1v) is 22.0. The predicted molar refractivity (Wildman–Crippen MR) is 218 cm³/mol. The number of aliphatic carboxylic acids is 1. The molecule has 1 unspecified atom stereocenters. The third-order valence-electron chi connectivity index (χ3n) is 9.86. The smallest absolute Gasteiger partial charge is 0.306 e. The van der Waals surface area contributed by atoms with Crippen LogP contribution in [-0.4, -0.2) is 23.1 Å². The molecule has 0 spiro atoms. The lowest BCUT2D eigenvalue weighted by Crippen LogP contribution is -2.16. The fourth-order valence-electron chi connectivity index (χ4n) is 6.65. The normalized spacial score (nSPS) is 12.5. The van der Waals surface area contributed by atoms with Gasteiger partial charge in [-0.3, -0.25) is 9.59 Å². The first kappa shape index (κ1) is 48.2. The van der Waals surface area contributed by atoms with E-state index < -0.39 is 5.97 Å². The maximum Gasteiger partial charge on any atom is 0.306 e. The summed E-state index contributed by atoms with van der Waals surface area (Å²) in [5.41, 5.74) is 0. The maximum atomic E-state index is 12.6. The highest BCUT2D eigenvalue weighted by molar-refractivity contribution is 5.69. The van der Waals surface area contributed by atoms with Gasteiger partial charge in [0.05, 0.1) is 0 Å². The van der Waals surface area contributed by atoms with E-state index in [1.165, 1.54) is 135 Å². The zero-order valence-corrected chi connectivity index (χ0v) is 33.5. The first-order chi connectivity index (χ1) is 24.6. The highest BCUT2D eigenvalue weighted by Crippen LogP contribution is 2.17. The Kier molecular flexibility index (Phi) is 40.0. The summed E-state index contributed by atoms with van der Waals surface area (Å²) >= 11 is 0. The summed E-state index contributed by atoms with van der Waals surface area (Å²) in [5, 5.41) is 8.78. The van der Waals surface area contributed by atoms with Gasteiger partial charge < -0.3 is 9.84 Å². The van der Waals surface area contributed by atoms with Gasteiger partial charge in [0.15, 0.2) is 0 Å². The van der Waals surface area contributed by atoms with E-state index in [0.717, 1.165) is 77.0 Å². The number of unbranched alkanes of at least 4 members (excludes halogenated alkanes) is 27. The molecule has 4 heteroatoms. The lowest BCUT2D eigenvalue weighted by molar-refractivity contribution is -0.147. The van der Waals surface area contributed by atoms with Gasteiger partial charge in [0.1, 0.15) is 6.10 Å². The average molecular weight is 701 g/mol. The molecule has 0 aliphatic carbocycles. The van der Waals surface area contributed by atoms with Crippen LogP contribution in [-0.2, 0) is 14.3 Å². The third kappa shape index (κ3) is 40.6. The Morgan fingerprint density at radius 2 is 0.820 bits per heavy atom. The Labute approximate surface area is 311 Å². The molecule has 0 bridgehead atoms. The molecule has 0 saturated carbocycles. The molecule has 0 aromatic rings. The van der Waals surface area contributed by atoms with Crippen molar-refractivity contribution >= 4 is 11.9 Å². The van der Waals surface area contributed by atoms with Crippen molar-refractivity contribution < 1.29 is 19.4 Å². The van der Waals surface area contributed by atoms with Crippen LogP contribution in [0.15, 0.2) is 36.5 Å². The molecule has 0 heterocycles. The number of carbonyl (C=O) groups excluding carboxylic acids is 1. The molecule has 0 aliphatic rings. The lowest BCUT2D eigenvalue weighted by atomic mass is 10.0. The van der Waals surface area contributed by atoms with Crippen LogP contribution in [0.3, 0.4) is 0 Å². The van der Waals surface area contributed by atoms with Crippen LogP contribution in [0.1, 0.15) is 239 Å². The second-order valence-electron chi connectivity index (χ2n) is 14.9. The summed E-state index contributed by atoms with van der Waals surface area (Å²) in [6, 6.07) is 0. The van der Waals surface area contributed by atoms with Crippen molar-refractivity contribution in [1.29, 1.82) is 0 Å². The SMILES string of the molecule is CC/C=C\C/C=C\C/C=C\C(CCCCCCCCC(=O)O)OC(=O)CCCCCCCCCCCCCCCCCCCCCCCCC. The van der Waals surface area contributed by atoms with Crippen molar-refractivity contribution in [1.82, 2.24) is 0 Å². The topological polar surface area (TPSA) is 63.6 Å². The van der Waals surface area contributed by atoms with Gasteiger partial charge in [0.25, 0.3) is 0 Å². The van der Waals surface area contributed by atoms with E-state index in [-0.39, 0.29) is 18.5 Å². The fraction of sp³-hybridized carbons (Fsp3) is 0.826. The van der Waals surface area contributed by atoms with Crippen molar-refractivity contribution in [2.75, 3.05) is 0 Å². The van der Waals surface area contributed by atoms with Crippen molar-refractivity contribution in [3.8, 4) is 0 Å². The minimum atomic E-state index is -0.704. The number of allylic oxidation sites excluding steroid dienone is 5. The van der Waals surface area contributed by atoms with E-state index in [9.17, 15) is 9.59 Å². The van der Waals surface area contributed by atoms with Crippen LogP contribution < -0.4 is 0 Å². The van der Waals surface area contributed by atoms with E-state index >= 15 is 0 Å². The van der Waals surface area contributed by atoms with E-state index in [0.29, 0.717) is 6.42 Å². The average Bonchev–Trinajstić information content (AvgIpc) is 3.10. The van der Waals surface area contributed by atoms with E-state index in [1.807, 2.05) is 0 Å². The number of carbonyl (C=O) groups is 2. The highest BCUT2D eigenvalue weighted by atomic mass is 16.5. The molecule has 0 saturated heterocycles. The molecule has 0 fully saturated rings. The third-order valence-corrected chi connectivity index (χ3v) is 9.86. The quantitative estimate of drug-likeness (QED) is 0.0393. The van der Waals surface area contributed by atoms with Gasteiger partial charge in [-0.05, 0) is 51.0 Å². The molecule has 4 nitrogen and oxygen atoms in total. The Morgan fingerprint density at radius 1 is 0.460 bits per heavy atom. The Bertz CT molecular complexity index is 798. The number of esters is 1. The van der Waals surface area contributed by atoms with Crippen molar-refractivity contribution in [2.45, 2.75) is 245 Å². The molecule has 1 N–H and O–H groups in total. The lowest BCUT2D eigenvalue weighted by Gasteiger charge is -2.14. The molecule has 50 heavy (non-hydrogen) atoms. The zero-order valence-electron chi connectivity index (χ0n) is 33.5. The molecule has 0 radical (unpaired) electrons. The molecule has 0 aromatic carbocycles. The molecular weight excluding hydrogens is 617 g/mol. The Hall–Kier alpha value is -1.84. The Morgan fingerprint density at radius 3 is 1.24 bits per heavy atom. The summed E-state index contributed by atoms with van der Waals surface area (Å²) in [6.45, 7) is 4.44. The summed E-state index contributed by atoms with van der Waals surface area (Å²) in [4.78, 5) is 23.3. The summed E-state index contributed by atoms with van der Waals surface area (Å²) < 4.78 is 5.91. The number of hydrogen-bond acceptors (Lipinski definition) is 3. The second kappa shape index (κ2) is 41.6. The van der Waals surface area contributed by atoms with Crippen LogP contribution in [0.4, 0.5) is 0 Å². The number of carboxylic acid groups (broad SMARTS) is 1. The van der Waals surface area contributed by atoms with Crippen LogP contribution in [0.5, 0.6) is 0 Å². The first-order valence-electron chi connectivity index (χ1n) is 22.0. The zero-order chi connectivity index (χ0) is 36.4. The van der Waals surface area contributed by atoms with Gasteiger partial charge in [0.2, 0.25) is 0 Å². The van der Waals surface area contributed by atoms with Crippen LogP contribution in [0, 0.1) is 0 Å². The summed E-state index contributed by atoms with van der Waals surface area (Å²) in [7, 11) is 0. The van der Waals surface area contributed by atoms with Gasteiger partial charge in [-0.25, -0.2) is 0 Å². The minimum absolute atomic E-state index is 0.0583. The minimum Gasteiger partial charge on any atom is -0.481 e. The number of carboxylic acids is 1. The van der Waals surface area contributed by atoms with Gasteiger partial charge in [0, 0.05) is 12.8 Å².